The minimum atomic E-state index is -0.263. The quantitative estimate of drug-likeness (QED) is 0.380. The Morgan fingerprint density at radius 3 is 2.30 bits per heavy atom. The van der Waals surface area contributed by atoms with Gasteiger partial charge in [-0.2, -0.15) is 5.10 Å². The van der Waals surface area contributed by atoms with Crippen LogP contribution in [0.5, 0.6) is 0 Å². The van der Waals surface area contributed by atoms with Gasteiger partial charge in [0.2, 0.25) is 0 Å². The molecule has 0 radical (unpaired) electrons. The number of benzene rings is 2. The van der Waals surface area contributed by atoms with E-state index in [0.717, 1.165) is 68.8 Å². The Morgan fingerprint density at radius 1 is 1.00 bits per heavy atom. The molecule has 0 saturated carbocycles. The molecule has 2 heterocycles. The van der Waals surface area contributed by atoms with Crippen molar-refractivity contribution in [2.75, 3.05) is 74.1 Å². The van der Waals surface area contributed by atoms with E-state index >= 15 is 4.39 Å². The van der Waals surface area contributed by atoms with E-state index in [2.05, 4.69) is 43.2 Å². The van der Waals surface area contributed by atoms with Gasteiger partial charge in [-0.25, -0.2) is 4.39 Å². The summed E-state index contributed by atoms with van der Waals surface area (Å²) in [6.07, 6.45) is 1.58. The van der Waals surface area contributed by atoms with Crippen molar-refractivity contribution in [2.24, 2.45) is 10.8 Å². The fraction of sp³-hybridized carbons (Fsp3) is 0.391. The molecule has 2 fully saturated rings. The lowest BCUT2D eigenvalue weighted by Gasteiger charge is -2.39. The second-order valence-corrected chi connectivity index (χ2v) is 9.22. The highest BCUT2D eigenvalue weighted by atomic mass is 35.5. The number of thiocarbonyl (C=S) groups is 1. The summed E-state index contributed by atoms with van der Waals surface area (Å²) in [7, 11) is 2.11. The molecule has 2 saturated heterocycles. The maximum atomic E-state index is 15.3. The predicted octanol–water partition coefficient (Wildman–Crippen LogP) is 2.72. The standard InChI is InChI=1S/C23H29ClFN7S/c1-29-5-7-31(8-6-29)21-15-22(20(25)13-17(21)16-27-28-23(26)33)32-11-9-30(10-12-32)19-4-2-3-18(24)14-19/h2-4,13-16H,5-12H2,1H3,(H3,26,28,33). The van der Waals surface area contributed by atoms with Crippen molar-refractivity contribution >= 4 is 52.2 Å². The first-order valence-electron chi connectivity index (χ1n) is 11.0. The van der Waals surface area contributed by atoms with Crippen molar-refractivity contribution in [1.29, 1.82) is 0 Å². The average molecular weight is 490 g/mol. The van der Waals surface area contributed by atoms with E-state index < -0.39 is 0 Å². The maximum Gasteiger partial charge on any atom is 0.184 e. The Morgan fingerprint density at radius 2 is 1.64 bits per heavy atom. The van der Waals surface area contributed by atoms with E-state index in [0.29, 0.717) is 11.3 Å². The number of nitrogens with two attached hydrogens (primary N) is 1. The maximum absolute atomic E-state index is 15.3. The first-order valence-corrected chi connectivity index (χ1v) is 11.8. The van der Waals surface area contributed by atoms with Crippen LogP contribution in [0.4, 0.5) is 21.5 Å². The highest BCUT2D eigenvalue weighted by Crippen LogP contribution is 2.31. The summed E-state index contributed by atoms with van der Waals surface area (Å²) in [6, 6.07) is 11.4. The molecule has 2 aliphatic rings. The van der Waals surface area contributed by atoms with Crippen molar-refractivity contribution in [2.45, 2.75) is 0 Å². The smallest absolute Gasteiger partial charge is 0.184 e. The van der Waals surface area contributed by atoms with Gasteiger partial charge in [0, 0.05) is 74.3 Å². The van der Waals surface area contributed by atoms with E-state index in [9.17, 15) is 0 Å². The molecule has 0 aromatic heterocycles. The highest BCUT2D eigenvalue weighted by Gasteiger charge is 2.24. The summed E-state index contributed by atoms with van der Waals surface area (Å²) in [5.41, 5.74) is 11.4. The molecule has 0 unspecified atom stereocenters. The normalized spacial score (nSPS) is 17.6. The van der Waals surface area contributed by atoms with Gasteiger partial charge in [-0.1, -0.05) is 17.7 Å². The molecule has 176 valence electrons. The topological polar surface area (TPSA) is 63.4 Å². The predicted molar refractivity (Wildman–Crippen MR) is 140 cm³/mol. The third kappa shape index (κ3) is 5.85. The minimum Gasteiger partial charge on any atom is -0.375 e. The van der Waals surface area contributed by atoms with Gasteiger partial charge in [0.15, 0.2) is 5.11 Å². The largest absolute Gasteiger partial charge is 0.375 e. The molecular weight excluding hydrogens is 461 g/mol. The molecule has 0 spiro atoms. The Hall–Kier alpha value is -2.62. The lowest BCUT2D eigenvalue weighted by atomic mass is 10.1. The summed E-state index contributed by atoms with van der Waals surface area (Å²) >= 11 is 11.0. The zero-order valence-corrected chi connectivity index (χ0v) is 20.2. The molecule has 10 heteroatoms. The number of piperazine rings is 2. The molecule has 0 aliphatic carbocycles. The van der Waals surface area contributed by atoms with Crippen molar-refractivity contribution in [3.63, 3.8) is 0 Å². The Balaban J connectivity index is 1.56. The van der Waals surface area contributed by atoms with Crippen LogP contribution >= 0.6 is 23.8 Å². The summed E-state index contributed by atoms with van der Waals surface area (Å²) in [5, 5.41) is 4.86. The Kier molecular flexibility index (Phi) is 7.52. The van der Waals surface area contributed by atoms with Gasteiger partial charge in [-0.3, -0.25) is 5.43 Å². The number of halogens is 2. The van der Waals surface area contributed by atoms with Crippen LogP contribution in [-0.4, -0.2) is 75.6 Å². The summed E-state index contributed by atoms with van der Waals surface area (Å²) in [6.45, 7) is 6.68. The van der Waals surface area contributed by atoms with E-state index in [1.807, 2.05) is 24.3 Å². The zero-order chi connectivity index (χ0) is 23.4. The van der Waals surface area contributed by atoms with Gasteiger partial charge >= 0.3 is 0 Å². The SMILES string of the molecule is CN1CCN(c2cc(N3CCN(c4cccc(Cl)c4)CC3)c(F)cc2C=NNC(N)=S)CC1. The van der Waals surface area contributed by atoms with E-state index in [1.54, 1.807) is 12.3 Å². The molecular formula is C23H29ClFN7S. The molecule has 2 aliphatic heterocycles. The summed E-state index contributed by atoms with van der Waals surface area (Å²) < 4.78 is 15.3. The first-order chi connectivity index (χ1) is 15.9. The third-order valence-electron chi connectivity index (χ3n) is 6.11. The van der Waals surface area contributed by atoms with Gasteiger partial charge < -0.3 is 25.3 Å². The van der Waals surface area contributed by atoms with Gasteiger partial charge in [-0.15, -0.1) is 0 Å². The van der Waals surface area contributed by atoms with E-state index in [-0.39, 0.29) is 10.9 Å². The number of nitrogens with zero attached hydrogens (tertiary/aromatic N) is 5. The molecule has 3 N–H and O–H groups in total. The molecule has 2 aromatic rings. The lowest BCUT2D eigenvalue weighted by molar-refractivity contribution is 0.313. The van der Waals surface area contributed by atoms with Crippen LogP contribution < -0.4 is 25.9 Å². The number of anilines is 3. The summed E-state index contributed by atoms with van der Waals surface area (Å²) in [4.78, 5) is 8.97. The van der Waals surface area contributed by atoms with Crippen molar-refractivity contribution in [1.82, 2.24) is 10.3 Å². The highest BCUT2D eigenvalue weighted by molar-refractivity contribution is 7.80. The number of hydrazone groups is 1. The van der Waals surface area contributed by atoms with Crippen LogP contribution in [0.15, 0.2) is 41.5 Å². The number of likely N-dealkylation sites (N-methyl/N-ethyl adjacent to an activating group) is 1. The number of hydrogen-bond donors (Lipinski definition) is 2. The number of hydrogen-bond acceptors (Lipinski definition) is 6. The third-order valence-corrected chi connectivity index (χ3v) is 6.44. The van der Waals surface area contributed by atoms with Gasteiger partial charge in [0.25, 0.3) is 0 Å². The monoisotopic (exact) mass is 489 g/mol. The van der Waals surface area contributed by atoms with Crippen molar-refractivity contribution < 1.29 is 4.39 Å². The molecule has 0 amide bonds. The van der Waals surface area contributed by atoms with Crippen LogP contribution in [0.25, 0.3) is 0 Å². The molecule has 2 aromatic carbocycles. The van der Waals surface area contributed by atoms with Gasteiger partial charge in [-0.05, 0) is 49.6 Å². The second kappa shape index (κ2) is 10.5. The fourth-order valence-electron chi connectivity index (χ4n) is 4.28. The van der Waals surface area contributed by atoms with Crippen LogP contribution in [-0.2, 0) is 0 Å². The molecule has 0 bridgehead atoms. The van der Waals surface area contributed by atoms with Crippen molar-refractivity contribution in [3.8, 4) is 0 Å². The average Bonchev–Trinajstić information content (AvgIpc) is 2.80. The minimum absolute atomic E-state index is 0.0714. The van der Waals surface area contributed by atoms with Crippen LogP contribution in [0.3, 0.4) is 0 Å². The van der Waals surface area contributed by atoms with Crippen molar-refractivity contribution in [3.05, 3.63) is 52.8 Å². The van der Waals surface area contributed by atoms with Gasteiger partial charge in [0.1, 0.15) is 5.82 Å². The number of nitrogens with one attached hydrogen (secondary N) is 1. The van der Waals surface area contributed by atoms with Crippen LogP contribution in [0.2, 0.25) is 5.02 Å². The molecule has 4 rings (SSSR count). The Labute approximate surface area is 204 Å². The molecule has 33 heavy (non-hydrogen) atoms. The van der Waals surface area contributed by atoms with E-state index in [4.69, 9.17) is 29.6 Å². The molecule has 0 atom stereocenters. The van der Waals surface area contributed by atoms with Gasteiger partial charge in [0.05, 0.1) is 11.9 Å². The lowest BCUT2D eigenvalue weighted by Crippen LogP contribution is -2.47. The van der Waals surface area contributed by atoms with Crippen LogP contribution in [0.1, 0.15) is 5.56 Å². The summed E-state index contributed by atoms with van der Waals surface area (Å²) in [5.74, 6) is -0.263. The van der Waals surface area contributed by atoms with Crippen LogP contribution in [0, 0.1) is 5.82 Å². The first kappa shape index (κ1) is 23.5. The van der Waals surface area contributed by atoms with E-state index in [1.165, 1.54) is 0 Å². The zero-order valence-electron chi connectivity index (χ0n) is 18.7. The Bertz CT molecular complexity index is 1020. The molecule has 7 nitrogen and oxygen atoms in total. The number of rotatable bonds is 5. The fourth-order valence-corrected chi connectivity index (χ4v) is 4.51. The second-order valence-electron chi connectivity index (χ2n) is 8.34.